The summed E-state index contributed by atoms with van der Waals surface area (Å²) < 4.78 is 0. The lowest BCUT2D eigenvalue weighted by atomic mass is 9.76. The summed E-state index contributed by atoms with van der Waals surface area (Å²) in [6.45, 7) is 9.31. The van der Waals surface area contributed by atoms with Gasteiger partial charge in [0.2, 0.25) is 11.8 Å². The number of imide groups is 1. The van der Waals surface area contributed by atoms with Gasteiger partial charge in [-0.2, -0.15) is 0 Å². The summed E-state index contributed by atoms with van der Waals surface area (Å²) in [5.41, 5.74) is -0.402. The second kappa shape index (κ2) is 27.5. The number of carbonyl (C=O) groups excluding carboxylic acids is 2. The molecule has 1 aliphatic heterocycles. The molecule has 0 aromatic rings. The van der Waals surface area contributed by atoms with Crippen molar-refractivity contribution in [3.63, 3.8) is 0 Å². The number of nitrogens with one attached hydrogen (secondary N) is 1. The number of amides is 2. The molecule has 1 aliphatic rings. The van der Waals surface area contributed by atoms with Gasteiger partial charge < -0.3 is 0 Å². The zero-order valence-corrected chi connectivity index (χ0v) is 29.9. The van der Waals surface area contributed by atoms with E-state index in [-0.39, 0.29) is 11.8 Å². The number of hydrogen-bond donors (Lipinski definition) is 1. The molecule has 0 radical (unpaired) electrons. The minimum Gasteiger partial charge on any atom is -0.296 e. The van der Waals surface area contributed by atoms with Gasteiger partial charge in [0, 0.05) is 6.42 Å². The molecule has 0 aromatic heterocycles. The molecule has 3 heteroatoms. The summed E-state index contributed by atoms with van der Waals surface area (Å²) in [5.74, 6) is 1.70. The van der Waals surface area contributed by atoms with E-state index in [0.717, 1.165) is 37.5 Å². The minimum absolute atomic E-state index is 0.0253. The molecular weight excluding hydrogens is 526 g/mol. The average molecular weight is 604 g/mol. The summed E-state index contributed by atoms with van der Waals surface area (Å²) in [5, 5.41) is 2.64. The van der Waals surface area contributed by atoms with Crippen LogP contribution >= 0.6 is 0 Å². The molecule has 0 aliphatic carbocycles. The van der Waals surface area contributed by atoms with E-state index in [1.165, 1.54) is 167 Å². The first-order valence-corrected chi connectivity index (χ1v) is 19.7. The molecule has 1 saturated heterocycles. The lowest BCUT2D eigenvalue weighted by molar-refractivity contribution is -0.129. The van der Waals surface area contributed by atoms with Crippen molar-refractivity contribution in [2.75, 3.05) is 0 Å². The van der Waals surface area contributed by atoms with E-state index >= 15 is 0 Å². The molecule has 43 heavy (non-hydrogen) atoms. The maximum Gasteiger partial charge on any atom is 0.233 e. The Balaban J connectivity index is 1.98. The van der Waals surface area contributed by atoms with E-state index < -0.39 is 5.41 Å². The Morgan fingerprint density at radius 3 is 0.930 bits per heavy atom. The molecule has 0 saturated carbocycles. The molecule has 0 bridgehead atoms. The van der Waals surface area contributed by atoms with E-state index in [9.17, 15) is 9.59 Å². The highest BCUT2D eigenvalue weighted by Gasteiger charge is 2.45. The van der Waals surface area contributed by atoms with Gasteiger partial charge in [0.05, 0.1) is 5.41 Å². The van der Waals surface area contributed by atoms with Crippen LogP contribution in [0.2, 0.25) is 0 Å². The van der Waals surface area contributed by atoms with Gasteiger partial charge in [-0.15, -0.1) is 0 Å². The normalized spacial score (nSPS) is 14.8. The number of unbranched alkanes of at least 4 members (excludes halogenated alkanes) is 24. The topological polar surface area (TPSA) is 46.2 Å². The third kappa shape index (κ3) is 23.2. The van der Waals surface area contributed by atoms with E-state index in [1.807, 2.05) is 0 Å². The van der Waals surface area contributed by atoms with Gasteiger partial charge in [0.1, 0.15) is 0 Å². The van der Waals surface area contributed by atoms with Crippen LogP contribution in [0.1, 0.15) is 227 Å². The molecule has 1 N–H and O–H groups in total. The third-order valence-electron chi connectivity index (χ3n) is 10.1. The van der Waals surface area contributed by atoms with E-state index in [2.05, 4.69) is 33.0 Å². The lowest BCUT2D eigenvalue weighted by Crippen LogP contribution is -2.31. The van der Waals surface area contributed by atoms with Gasteiger partial charge in [-0.3, -0.25) is 14.9 Å². The zero-order chi connectivity index (χ0) is 31.4. The van der Waals surface area contributed by atoms with Gasteiger partial charge in [0.15, 0.2) is 0 Å². The van der Waals surface area contributed by atoms with Crippen molar-refractivity contribution in [3.8, 4) is 0 Å². The maximum absolute atomic E-state index is 12.8. The highest BCUT2D eigenvalue weighted by atomic mass is 16.2. The number of hydrogen-bond acceptors (Lipinski definition) is 2. The zero-order valence-electron chi connectivity index (χ0n) is 29.9. The molecule has 1 rings (SSSR count). The maximum atomic E-state index is 12.8. The monoisotopic (exact) mass is 604 g/mol. The summed E-state index contributed by atoms with van der Waals surface area (Å²) in [6, 6.07) is 0. The van der Waals surface area contributed by atoms with Crippen LogP contribution < -0.4 is 5.32 Å². The largest absolute Gasteiger partial charge is 0.296 e. The van der Waals surface area contributed by atoms with Crippen molar-refractivity contribution in [1.29, 1.82) is 0 Å². The first-order valence-electron chi connectivity index (χ1n) is 19.7. The van der Waals surface area contributed by atoms with Gasteiger partial charge in [0.25, 0.3) is 0 Å². The van der Waals surface area contributed by atoms with Crippen LogP contribution in [0.25, 0.3) is 0 Å². The number of carbonyl (C=O) groups is 2. The minimum atomic E-state index is -0.402. The molecule has 254 valence electrons. The smallest absolute Gasteiger partial charge is 0.233 e. The Bertz CT molecular complexity index is 617. The molecule has 0 spiro atoms. The SMILES string of the molecule is CC(C)CCCCCCCCCCCCCCCC1(CCCCCCCCCCCCCCCC(C)C)CC(=O)NC1=O. The Hall–Kier alpha value is -0.860. The fraction of sp³-hybridized carbons (Fsp3) is 0.950. The molecular formula is C40H77NO2. The van der Waals surface area contributed by atoms with Gasteiger partial charge in [-0.1, -0.05) is 207 Å². The Morgan fingerprint density at radius 2 is 0.698 bits per heavy atom. The van der Waals surface area contributed by atoms with E-state index in [1.54, 1.807) is 0 Å². The summed E-state index contributed by atoms with van der Waals surface area (Å²) in [4.78, 5) is 24.8. The summed E-state index contributed by atoms with van der Waals surface area (Å²) in [6.07, 6.45) is 40.2. The fourth-order valence-electron chi connectivity index (χ4n) is 7.14. The molecule has 0 unspecified atom stereocenters. The van der Waals surface area contributed by atoms with Crippen molar-refractivity contribution >= 4 is 11.8 Å². The Labute approximate surface area is 270 Å². The summed E-state index contributed by atoms with van der Waals surface area (Å²) in [7, 11) is 0. The van der Waals surface area contributed by atoms with Crippen LogP contribution in [0.3, 0.4) is 0 Å². The van der Waals surface area contributed by atoms with E-state index in [0.29, 0.717) is 6.42 Å². The van der Waals surface area contributed by atoms with Crippen molar-refractivity contribution in [3.05, 3.63) is 0 Å². The highest BCUT2D eigenvalue weighted by molar-refractivity contribution is 6.05. The Kier molecular flexibility index (Phi) is 25.6. The van der Waals surface area contributed by atoms with Gasteiger partial charge >= 0.3 is 0 Å². The molecule has 1 heterocycles. The van der Waals surface area contributed by atoms with Crippen LogP contribution in [-0.4, -0.2) is 11.8 Å². The highest BCUT2D eigenvalue weighted by Crippen LogP contribution is 2.39. The molecule has 0 atom stereocenters. The molecule has 1 fully saturated rings. The second-order valence-corrected chi connectivity index (χ2v) is 15.4. The van der Waals surface area contributed by atoms with Crippen molar-refractivity contribution in [2.24, 2.45) is 17.3 Å². The van der Waals surface area contributed by atoms with Crippen molar-refractivity contribution in [1.82, 2.24) is 5.32 Å². The summed E-state index contributed by atoms with van der Waals surface area (Å²) >= 11 is 0. The number of rotatable bonds is 32. The van der Waals surface area contributed by atoms with Crippen LogP contribution in [0, 0.1) is 17.3 Å². The molecule has 3 nitrogen and oxygen atoms in total. The third-order valence-corrected chi connectivity index (χ3v) is 10.1. The van der Waals surface area contributed by atoms with Crippen LogP contribution in [0.5, 0.6) is 0 Å². The predicted molar refractivity (Wildman–Crippen MR) is 188 cm³/mol. The first-order chi connectivity index (χ1) is 20.9. The second-order valence-electron chi connectivity index (χ2n) is 15.4. The molecule has 2 amide bonds. The standard InChI is InChI=1S/C40H77NO2/c1-36(2)31-27-23-19-15-11-7-5-9-13-17-21-25-29-33-40(35-38(42)41-39(40)43)34-30-26-22-18-14-10-6-8-12-16-20-24-28-32-37(3)4/h36-37H,5-35H2,1-4H3,(H,41,42,43). The predicted octanol–water partition coefficient (Wildman–Crippen LogP) is 13.0. The first kappa shape index (κ1) is 40.2. The Morgan fingerprint density at radius 1 is 0.442 bits per heavy atom. The molecule has 0 aromatic carbocycles. The van der Waals surface area contributed by atoms with Crippen LogP contribution in [0.15, 0.2) is 0 Å². The van der Waals surface area contributed by atoms with Crippen LogP contribution in [-0.2, 0) is 9.59 Å². The average Bonchev–Trinajstić information content (AvgIpc) is 3.24. The van der Waals surface area contributed by atoms with E-state index in [4.69, 9.17) is 0 Å². The fourth-order valence-corrected chi connectivity index (χ4v) is 7.14. The van der Waals surface area contributed by atoms with Gasteiger partial charge in [-0.25, -0.2) is 0 Å². The van der Waals surface area contributed by atoms with Gasteiger partial charge in [-0.05, 0) is 24.7 Å². The van der Waals surface area contributed by atoms with Crippen molar-refractivity contribution in [2.45, 2.75) is 227 Å². The quantitative estimate of drug-likeness (QED) is 0.0614. The van der Waals surface area contributed by atoms with Crippen molar-refractivity contribution < 1.29 is 9.59 Å². The lowest BCUT2D eigenvalue weighted by Gasteiger charge is -2.25. The van der Waals surface area contributed by atoms with Crippen LogP contribution in [0.4, 0.5) is 0 Å².